The molecular formula is C10H13NO3. The first-order valence-electron chi connectivity index (χ1n) is 4.36. The Balaban J connectivity index is 0.000000791. The topological polar surface area (TPSA) is 60.2 Å². The van der Waals surface area contributed by atoms with E-state index in [4.69, 9.17) is 0 Å². The lowest BCUT2D eigenvalue weighted by Crippen LogP contribution is -1.94. The Kier molecular flexibility index (Phi) is 5.14. The van der Waals surface area contributed by atoms with Crippen molar-refractivity contribution >= 4 is 11.5 Å². The van der Waals surface area contributed by atoms with E-state index in [2.05, 4.69) is 0 Å². The lowest BCUT2D eigenvalue weighted by molar-refractivity contribution is -0.384. The van der Waals surface area contributed by atoms with Crippen LogP contribution < -0.4 is 0 Å². The third-order valence-electron chi connectivity index (χ3n) is 1.46. The summed E-state index contributed by atoms with van der Waals surface area (Å²) in [7, 11) is 0. The van der Waals surface area contributed by atoms with Crippen molar-refractivity contribution in [1.29, 1.82) is 0 Å². The number of benzene rings is 1. The number of non-ortho nitro benzene ring substituents is 1. The summed E-state index contributed by atoms with van der Waals surface area (Å²) in [6, 6.07) is 5.67. The Labute approximate surface area is 82.7 Å². The van der Waals surface area contributed by atoms with Gasteiger partial charge in [-0.05, 0) is 6.92 Å². The average Bonchev–Trinajstić information content (AvgIpc) is 2.21. The SMILES string of the molecule is CC.CC(=O)c1cccc([N+](=O)[O-])c1. The maximum atomic E-state index is 10.8. The first-order chi connectivity index (χ1) is 6.61. The smallest absolute Gasteiger partial charge is 0.270 e. The molecule has 0 fully saturated rings. The van der Waals surface area contributed by atoms with Gasteiger partial charge >= 0.3 is 0 Å². The molecule has 0 bridgehead atoms. The number of ketones is 1. The maximum absolute atomic E-state index is 10.8. The van der Waals surface area contributed by atoms with E-state index in [1.807, 2.05) is 13.8 Å². The van der Waals surface area contributed by atoms with Crippen molar-refractivity contribution in [1.82, 2.24) is 0 Å². The molecule has 0 saturated heterocycles. The van der Waals surface area contributed by atoms with Crippen LogP contribution in [0.3, 0.4) is 0 Å². The van der Waals surface area contributed by atoms with Crippen LogP contribution in [0.2, 0.25) is 0 Å². The molecule has 0 aromatic heterocycles. The van der Waals surface area contributed by atoms with Gasteiger partial charge in [0.15, 0.2) is 5.78 Å². The van der Waals surface area contributed by atoms with E-state index < -0.39 is 4.92 Å². The highest BCUT2D eigenvalue weighted by molar-refractivity contribution is 5.94. The lowest BCUT2D eigenvalue weighted by atomic mass is 10.1. The molecular weight excluding hydrogens is 182 g/mol. The summed E-state index contributed by atoms with van der Waals surface area (Å²) in [6.45, 7) is 5.37. The molecule has 0 spiro atoms. The van der Waals surface area contributed by atoms with Crippen LogP contribution in [0.1, 0.15) is 31.1 Å². The van der Waals surface area contributed by atoms with Crippen molar-refractivity contribution in [2.75, 3.05) is 0 Å². The molecule has 0 amide bonds. The second-order valence-corrected chi connectivity index (χ2v) is 2.36. The molecule has 0 N–H and O–H groups in total. The summed E-state index contributed by atoms with van der Waals surface area (Å²) in [4.78, 5) is 20.5. The molecule has 1 aromatic rings. The summed E-state index contributed by atoms with van der Waals surface area (Å²) in [6.07, 6.45) is 0. The zero-order valence-corrected chi connectivity index (χ0v) is 8.48. The number of nitrogens with zero attached hydrogens (tertiary/aromatic N) is 1. The summed E-state index contributed by atoms with van der Waals surface area (Å²) >= 11 is 0. The number of Topliss-reactive ketones (excluding diaryl/α,β-unsaturated/α-hetero) is 1. The fraction of sp³-hybridized carbons (Fsp3) is 0.300. The standard InChI is InChI=1S/C8H7NO3.C2H6/c1-6(10)7-3-2-4-8(5-7)9(11)12;1-2/h2-5H,1H3;1-2H3. The van der Waals surface area contributed by atoms with Crippen LogP contribution >= 0.6 is 0 Å². The molecule has 0 unspecified atom stereocenters. The van der Waals surface area contributed by atoms with E-state index in [0.29, 0.717) is 5.56 Å². The molecule has 4 nitrogen and oxygen atoms in total. The van der Waals surface area contributed by atoms with Crippen molar-refractivity contribution in [3.63, 3.8) is 0 Å². The minimum absolute atomic E-state index is 0.0531. The second kappa shape index (κ2) is 5.85. The quantitative estimate of drug-likeness (QED) is 0.414. The normalized spacial score (nSPS) is 8.50. The first-order valence-corrected chi connectivity index (χ1v) is 4.36. The van der Waals surface area contributed by atoms with Gasteiger partial charge in [-0.2, -0.15) is 0 Å². The van der Waals surface area contributed by atoms with Crippen LogP contribution in [-0.2, 0) is 0 Å². The molecule has 0 aliphatic heterocycles. The van der Waals surface area contributed by atoms with E-state index in [-0.39, 0.29) is 11.5 Å². The number of nitro groups is 1. The third kappa shape index (κ3) is 3.35. The molecule has 0 radical (unpaired) electrons. The van der Waals surface area contributed by atoms with Crippen LogP contribution in [-0.4, -0.2) is 10.7 Å². The zero-order chi connectivity index (χ0) is 11.1. The van der Waals surface area contributed by atoms with Gasteiger partial charge in [0.2, 0.25) is 0 Å². The van der Waals surface area contributed by atoms with Crippen LogP contribution in [0.5, 0.6) is 0 Å². The average molecular weight is 195 g/mol. The highest BCUT2D eigenvalue weighted by Crippen LogP contribution is 2.12. The summed E-state index contributed by atoms with van der Waals surface area (Å²) < 4.78 is 0. The molecule has 0 saturated carbocycles. The molecule has 1 aromatic carbocycles. The Morgan fingerprint density at radius 1 is 1.36 bits per heavy atom. The van der Waals surface area contributed by atoms with Crippen molar-refractivity contribution in [2.24, 2.45) is 0 Å². The summed E-state index contributed by atoms with van der Waals surface area (Å²) in [5, 5.41) is 10.3. The Morgan fingerprint density at radius 3 is 2.36 bits per heavy atom. The van der Waals surface area contributed by atoms with Gasteiger partial charge in [0, 0.05) is 17.7 Å². The fourth-order valence-electron chi connectivity index (χ4n) is 0.838. The minimum atomic E-state index is -0.521. The van der Waals surface area contributed by atoms with Gasteiger partial charge in [-0.25, -0.2) is 0 Å². The van der Waals surface area contributed by atoms with E-state index >= 15 is 0 Å². The molecule has 4 heteroatoms. The molecule has 0 aliphatic carbocycles. The number of hydrogen-bond acceptors (Lipinski definition) is 3. The van der Waals surface area contributed by atoms with Gasteiger partial charge < -0.3 is 0 Å². The molecule has 0 aliphatic rings. The number of carbonyl (C=O) groups is 1. The Hall–Kier alpha value is -1.71. The van der Waals surface area contributed by atoms with Gasteiger partial charge in [-0.15, -0.1) is 0 Å². The zero-order valence-electron chi connectivity index (χ0n) is 8.48. The molecule has 14 heavy (non-hydrogen) atoms. The van der Waals surface area contributed by atoms with E-state index in [9.17, 15) is 14.9 Å². The van der Waals surface area contributed by atoms with Gasteiger partial charge in [0.1, 0.15) is 0 Å². The number of rotatable bonds is 2. The van der Waals surface area contributed by atoms with Crippen molar-refractivity contribution in [3.05, 3.63) is 39.9 Å². The van der Waals surface area contributed by atoms with Crippen LogP contribution in [0, 0.1) is 10.1 Å². The predicted molar refractivity (Wildman–Crippen MR) is 54.4 cm³/mol. The van der Waals surface area contributed by atoms with Gasteiger partial charge in [0.05, 0.1) is 4.92 Å². The largest absolute Gasteiger partial charge is 0.295 e. The summed E-state index contributed by atoms with van der Waals surface area (Å²) in [5.41, 5.74) is 0.312. The predicted octanol–water partition coefficient (Wildman–Crippen LogP) is 2.82. The first kappa shape index (κ1) is 12.3. The Bertz CT molecular complexity index is 305. The molecule has 1 rings (SSSR count). The molecule has 0 heterocycles. The maximum Gasteiger partial charge on any atom is 0.270 e. The fourth-order valence-corrected chi connectivity index (χ4v) is 0.838. The van der Waals surface area contributed by atoms with E-state index in [1.165, 1.54) is 25.1 Å². The van der Waals surface area contributed by atoms with Crippen molar-refractivity contribution < 1.29 is 9.72 Å². The minimum Gasteiger partial charge on any atom is -0.295 e. The highest BCUT2D eigenvalue weighted by atomic mass is 16.6. The number of carbonyl (C=O) groups excluding carboxylic acids is 1. The van der Waals surface area contributed by atoms with Gasteiger partial charge in [0.25, 0.3) is 5.69 Å². The number of nitro benzene ring substituents is 1. The monoisotopic (exact) mass is 195 g/mol. The van der Waals surface area contributed by atoms with Crippen molar-refractivity contribution in [2.45, 2.75) is 20.8 Å². The van der Waals surface area contributed by atoms with Gasteiger partial charge in [-0.1, -0.05) is 26.0 Å². The van der Waals surface area contributed by atoms with Crippen LogP contribution in [0.4, 0.5) is 5.69 Å². The third-order valence-corrected chi connectivity index (χ3v) is 1.46. The lowest BCUT2D eigenvalue weighted by Gasteiger charge is -1.93. The Morgan fingerprint density at radius 2 is 1.93 bits per heavy atom. The summed E-state index contributed by atoms with van der Waals surface area (Å²) in [5.74, 6) is -0.168. The van der Waals surface area contributed by atoms with E-state index in [1.54, 1.807) is 6.07 Å². The van der Waals surface area contributed by atoms with E-state index in [0.717, 1.165) is 0 Å². The number of hydrogen-bond donors (Lipinski definition) is 0. The molecule has 0 atom stereocenters. The van der Waals surface area contributed by atoms with Crippen molar-refractivity contribution in [3.8, 4) is 0 Å². The second-order valence-electron chi connectivity index (χ2n) is 2.36. The van der Waals surface area contributed by atoms with Crippen LogP contribution in [0.25, 0.3) is 0 Å². The highest BCUT2D eigenvalue weighted by Gasteiger charge is 2.07. The molecule has 76 valence electrons. The van der Waals surface area contributed by atoms with Crippen LogP contribution in [0.15, 0.2) is 24.3 Å². The van der Waals surface area contributed by atoms with Gasteiger partial charge in [-0.3, -0.25) is 14.9 Å².